The topological polar surface area (TPSA) is 110 Å². The number of fused-ring (bicyclic) bond motifs is 2. The fourth-order valence-corrected chi connectivity index (χ4v) is 11.9. The summed E-state index contributed by atoms with van der Waals surface area (Å²) in [6, 6.07) is 25.6. The van der Waals surface area contributed by atoms with E-state index in [0.717, 1.165) is 100 Å². The largest absolute Gasteiger partial charge is 0.309 e. The van der Waals surface area contributed by atoms with Gasteiger partial charge in [0.05, 0.1) is 25.3 Å². The van der Waals surface area contributed by atoms with Gasteiger partial charge in [-0.2, -0.15) is 4.31 Å². The van der Waals surface area contributed by atoms with Crippen molar-refractivity contribution in [2.24, 2.45) is 0 Å². The number of rotatable bonds is 18. The number of carbonyl (C=O) groups is 2. The molecule has 3 heterocycles. The molecule has 334 valence electrons. The van der Waals surface area contributed by atoms with Gasteiger partial charge >= 0.3 is 0 Å². The number of carbonyl (C=O) groups excluding carboxylic acids is 2. The van der Waals surface area contributed by atoms with E-state index in [1.54, 1.807) is 44.8 Å². The Kier molecular flexibility index (Phi) is 15.4. The van der Waals surface area contributed by atoms with Crippen LogP contribution in [0.3, 0.4) is 0 Å². The number of benzene rings is 4. The van der Waals surface area contributed by atoms with Gasteiger partial charge in [0.1, 0.15) is 0 Å². The Balaban J connectivity index is 1.03. The van der Waals surface area contributed by atoms with Crippen LogP contribution in [0, 0.1) is 13.8 Å². The highest BCUT2D eigenvalue weighted by molar-refractivity contribution is 7.89. The summed E-state index contributed by atoms with van der Waals surface area (Å²) in [6.45, 7) is 8.01. The van der Waals surface area contributed by atoms with Crippen LogP contribution in [0.5, 0.6) is 0 Å². The molecule has 0 bridgehead atoms. The van der Waals surface area contributed by atoms with Crippen LogP contribution in [-0.2, 0) is 27.7 Å². The molecule has 0 N–H and O–H groups in total. The Bertz CT molecular complexity index is 2610. The minimum atomic E-state index is -3.63. The van der Waals surface area contributed by atoms with Crippen LogP contribution >= 0.6 is 22.7 Å². The Morgan fingerprint density at radius 2 is 1.29 bits per heavy atom. The van der Waals surface area contributed by atoms with Crippen LogP contribution in [0.2, 0.25) is 0 Å². The van der Waals surface area contributed by atoms with Crippen molar-refractivity contribution in [2.45, 2.75) is 76.5 Å². The Morgan fingerprint density at radius 1 is 0.667 bits per heavy atom. The van der Waals surface area contributed by atoms with E-state index in [0.29, 0.717) is 49.7 Å². The summed E-state index contributed by atoms with van der Waals surface area (Å²) in [4.78, 5) is 45.9. The minimum absolute atomic E-state index is 0.0891. The molecule has 2 aromatic heterocycles. The van der Waals surface area contributed by atoms with E-state index in [1.165, 1.54) is 22.5 Å². The molecule has 14 heteroatoms. The SMILES string of the molecule is Cc1ccc2nc(N(CCCN(C)C)C(=O)CCc3ccc(Cc4cc(C)c5nc(N(CCCN(C)C)C(=O)c6ccc(S(=O)(=O)N7CCCCCC7)cc6)sc5c4)cc3)sc2c1. The summed E-state index contributed by atoms with van der Waals surface area (Å²) in [5.74, 6) is -0.110. The highest BCUT2D eigenvalue weighted by atomic mass is 32.2. The van der Waals surface area contributed by atoms with Crippen molar-refractivity contribution in [3.63, 3.8) is 0 Å². The number of nitrogens with zero attached hydrogens (tertiary/aromatic N) is 7. The van der Waals surface area contributed by atoms with Gasteiger partial charge in [-0.05, 0) is 164 Å². The summed E-state index contributed by atoms with van der Waals surface area (Å²) in [5, 5.41) is 1.39. The van der Waals surface area contributed by atoms with Gasteiger partial charge in [0, 0.05) is 38.2 Å². The number of aromatic nitrogens is 2. The molecule has 0 radical (unpaired) electrons. The predicted octanol–water partition coefficient (Wildman–Crippen LogP) is 9.19. The minimum Gasteiger partial charge on any atom is -0.309 e. The van der Waals surface area contributed by atoms with Crippen molar-refractivity contribution in [1.29, 1.82) is 0 Å². The van der Waals surface area contributed by atoms with Gasteiger partial charge in [-0.1, -0.05) is 71.9 Å². The fraction of sp³-hybridized carbons (Fsp3) is 0.429. The summed E-state index contributed by atoms with van der Waals surface area (Å²) in [6.07, 6.45) is 7.22. The van der Waals surface area contributed by atoms with Crippen LogP contribution < -0.4 is 9.80 Å². The molecule has 63 heavy (non-hydrogen) atoms. The second-order valence-corrected chi connectivity index (χ2v) is 21.3. The summed E-state index contributed by atoms with van der Waals surface area (Å²) in [5.41, 5.74) is 7.90. The van der Waals surface area contributed by atoms with Crippen molar-refractivity contribution >= 4 is 75.2 Å². The third-order valence-corrected chi connectivity index (χ3v) is 15.6. The van der Waals surface area contributed by atoms with Crippen LogP contribution in [0.15, 0.2) is 83.8 Å². The molecule has 0 atom stereocenters. The fourth-order valence-electron chi connectivity index (χ4n) is 8.11. The van der Waals surface area contributed by atoms with Crippen LogP contribution in [-0.4, -0.2) is 112 Å². The highest BCUT2D eigenvalue weighted by Gasteiger charge is 2.27. The predicted molar refractivity (Wildman–Crippen MR) is 260 cm³/mol. The van der Waals surface area contributed by atoms with Crippen LogP contribution in [0.25, 0.3) is 20.4 Å². The number of thiazole rings is 2. The number of amides is 2. The molecule has 4 aromatic carbocycles. The normalized spacial score (nSPS) is 13.9. The van der Waals surface area contributed by atoms with E-state index < -0.39 is 10.0 Å². The van der Waals surface area contributed by atoms with E-state index >= 15 is 0 Å². The average Bonchev–Trinajstić information content (AvgIpc) is 3.76. The summed E-state index contributed by atoms with van der Waals surface area (Å²) in [7, 11) is 4.51. The Hall–Kier alpha value is -4.57. The number of hydrogen-bond donors (Lipinski definition) is 0. The maximum absolute atomic E-state index is 14.2. The van der Waals surface area contributed by atoms with Crippen molar-refractivity contribution in [3.05, 3.63) is 112 Å². The van der Waals surface area contributed by atoms with E-state index in [2.05, 4.69) is 86.3 Å². The van der Waals surface area contributed by atoms with Crippen LogP contribution in [0.4, 0.5) is 10.3 Å². The maximum Gasteiger partial charge on any atom is 0.260 e. The lowest BCUT2D eigenvalue weighted by molar-refractivity contribution is -0.118. The van der Waals surface area contributed by atoms with Gasteiger partial charge in [0.15, 0.2) is 10.3 Å². The first kappa shape index (κ1) is 46.4. The van der Waals surface area contributed by atoms with Gasteiger partial charge < -0.3 is 9.80 Å². The molecule has 1 aliphatic heterocycles. The number of sulfonamides is 1. The lowest BCUT2D eigenvalue weighted by atomic mass is 10.0. The number of anilines is 2. The van der Waals surface area contributed by atoms with E-state index in [-0.39, 0.29) is 16.7 Å². The van der Waals surface area contributed by atoms with Gasteiger partial charge in [0.25, 0.3) is 5.91 Å². The molecule has 0 unspecified atom stereocenters. The molecule has 0 saturated carbocycles. The molecule has 0 aliphatic carbocycles. The van der Waals surface area contributed by atoms with Gasteiger partial charge in [0.2, 0.25) is 15.9 Å². The van der Waals surface area contributed by atoms with Gasteiger partial charge in [-0.25, -0.2) is 18.4 Å². The summed E-state index contributed by atoms with van der Waals surface area (Å²) < 4.78 is 30.6. The quantitative estimate of drug-likeness (QED) is 0.0841. The summed E-state index contributed by atoms with van der Waals surface area (Å²) >= 11 is 3.09. The zero-order chi connectivity index (χ0) is 44.7. The smallest absolute Gasteiger partial charge is 0.260 e. The standard InChI is InChI=1S/C49H61N7O4S3/c1-35-13-23-42-43(31-35)61-48(50-42)55(29-11-25-52(3)4)45(57)24-18-37-14-16-38(17-15-37)33-39-32-36(2)46-44(34-39)62-49(51-46)56(30-12-26-53(5)6)47(58)40-19-21-41(22-20-40)63(59,60)54-27-9-7-8-10-28-54/h13-17,19-23,31-32,34H,7-12,18,24-30,33H2,1-6H3. The first-order chi connectivity index (χ1) is 30.2. The first-order valence-corrected chi connectivity index (χ1v) is 25.2. The van der Waals surface area contributed by atoms with E-state index in [1.807, 2.05) is 25.1 Å². The Morgan fingerprint density at radius 3 is 1.95 bits per heavy atom. The lowest BCUT2D eigenvalue weighted by Crippen LogP contribution is -2.34. The lowest BCUT2D eigenvalue weighted by Gasteiger charge is -2.22. The van der Waals surface area contributed by atoms with Gasteiger partial charge in [-0.15, -0.1) is 0 Å². The third-order valence-electron chi connectivity index (χ3n) is 11.6. The van der Waals surface area contributed by atoms with Gasteiger partial charge in [-0.3, -0.25) is 19.4 Å². The molecule has 2 amide bonds. The van der Waals surface area contributed by atoms with Crippen molar-refractivity contribution in [3.8, 4) is 0 Å². The Labute approximate surface area is 381 Å². The molecule has 1 saturated heterocycles. The molecule has 0 spiro atoms. The molecule has 7 rings (SSSR count). The average molecular weight is 908 g/mol. The van der Waals surface area contributed by atoms with Crippen LogP contribution in [0.1, 0.15) is 83.1 Å². The molecular weight excluding hydrogens is 847 g/mol. The number of aryl methyl sites for hydroxylation is 3. The van der Waals surface area contributed by atoms with Crippen molar-refractivity contribution in [1.82, 2.24) is 24.1 Å². The monoisotopic (exact) mass is 907 g/mol. The molecule has 1 fully saturated rings. The second-order valence-electron chi connectivity index (χ2n) is 17.4. The zero-order valence-corrected chi connectivity index (χ0v) is 40.0. The molecular formula is C49H61N7O4S3. The number of hydrogen-bond acceptors (Lipinski definition) is 10. The maximum atomic E-state index is 14.2. The van der Waals surface area contributed by atoms with E-state index in [4.69, 9.17) is 9.97 Å². The molecule has 6 aromatic rings. The second kappa shape index (κ2) is 21.0. The van der Waals surface area contributed by atoms with Crippen molar-refractivity contribution in [2.75, 3.05) is 77.3 Å². The third kappa shape index (κ3) is 11.8. The molecule has 11 nitrogen and oxygen atoms in total. The highest BCUT2D eigenvalue weighted by Crippen LogP contribution is 2.34. The van der Waals surface area contributed by atoms with E-state index in [9.17, 15) is 18.0 Å². The first-order valence-electron chi connectivity index (χ1n) is 22.1. The van der Waals surface area contributed by atoms with Crippen molar-refractivity contribution < 1.29 is 18.0 Å². The molecule has 1 aliphatic rings. The zero-order valence-electron chi connectivity index (χ0n) is 37.6.